The maximum atomic E-state index is 12.2. The van der Waals surface area contributed by atoms with Crippen LogP contribution in [-0.2, 0) is 11.3 Å². The molecular weight excluding hydrogens is 449 g/mol. The van der Waals surface area contributed by atoms with Crippen molar-refractivity contribution < 1.29 is 9.53 Å². The van der Waals surface area contributed by atoms with Gasteiger partial charge >= 0.3 is 0 Å². The van der Waals surface area contributed by atoms with E-state index in [1.807, 2.05) is 54.7 Å². The molecule has 2 aromatic carbocycles. The van der Waals surface area contributed by atoms with Crippen LogP contribution in [0.3, 0.4) is 0 Å². The van der Waals surface area contributed by atoms with Crippen LogP contribution in [0, 0.1) is 0 Å². The lowest BCUT2D eigenvalue weighted by Crippen LogP contribution is -2.27. The second kappa shape index (κ2) is 12.1. The van der Waals surface area contributed by atoms with Gasteiger partial charge in [0.2, 0.25) is 0 Å². The van der Waals surface area contributed by atoms with Gasteiger partial charge in [0.25, 0.3) is 5.91 Å². The molecule has 1 aromatic heterocycles. The lowest BCUT2D eigenvalue weighted by Gasteiger charge is -2.22. The van der Waals surface area contributed by atoms with Crippen LogP contribution in [0.2, 0.25) is 0 Å². The molecule has 168 valence electrons. The lowest BCUT2D eigenvalue weighted by atomic mass is 10.2. The van der Waals surface area contributed by atoms with Crippen molar-refractivity contribution in [2.24, 2.45) is 5.10 Å². The van der Waals surface area contributed by atoms with Gasteiger partial charge in [0.15, 0.2) is 0 Å². The van der Waals surface area contributed by atoms with Gasteiger partial charge in [-0.2, -0.15) is 5.10 Å². The smallest absolute Gasteiger partial charge is 0.260 e. The molecule has 1 N–H and O–H groups in total. The third kappa shape index (κ3) is 6.73. The van der Waals surface area contributed by atoms with Crippen molar-refractivity contribution in [2.45, 2.75) is 6.54 Å². The van der Waals surface area contributed by atoms with Crippen LogP contribution in [0.1, 0.15) is 5.56 Å². The summed E-state index contributed by atoms with van der Waals surface area (Å²) in [5.41, 5.74) is 6.18. The summed E-state index contributed by atoms with van der Waals surface area (Å²) >= 11 is 11.7. The molecule has 0 spiro atoms. The van der Waals surface area contributed by atoms with Crippen molar-refractivity contribution >= 4 is 41.0 Å². The summed E-state index contributed by atoms with van der Waals surface area (Å²) in [5.74, 6) is 1.60. The molecule has 0 unspecified atom stereocenters. The largest absolute Gasteiger partial charge is 0.497 e. The van der Waals surface area contributed by atoms with Crippen LogP contribution >= 0.6 is 23.2 Å². The van der Waals surface area contributed by atoms with E-state index in [1.165, 1.54) is 0 Å². The monoisotopic (exact) mass is 473 g/mol. The second-order valence-electron chi connectivity index (χ2n) is 6.91. The second-order valence-corrected chi connectivity index (χ2v) is 7.67. The van der Waals surface area contributed by atoms with Crippen molar-refractivity contribution in [2.75, 3.05) is 36.9 Å². The molecule has 0 radical (unpaired) electrons. The van der Waals surface area contributed by atoms with Crippen LogP contribution in [0.25, 0.3) is 11.3 Å². The topological polar surface area (TPSA) is 71.8 Å². The zero-order valence-electron chi connectivity index (χ0n) is 17.7. The number of benzene rings is 2. The van der Waals surface area contributed by atoms with E-state index >= 15 is 0 Å². The number of anilines is 1. The zero-order chi connectivity index (χ0) is 22.8. The molecule has 3 aromatic rings. The van der Waals surface area contributed by atoms with Gasteiger partial charge in [0, 0.05) is 42.3 Å². The number of imidazole rings is 1. The van der Waals surface area contributed by atoms with E-state index in [1.54, 1.807) is 24.2 Å². The van der Waals surface area contributed by atoms with E-state index in [2.05, 4.69) is 20.4 Å². The fourth-order valence-corrected chi connectivity index (χ4v) is 3.49. The standard InChI is InChI=1S/C23H25Cl2N5O2/c1-32-21-8-4-19(5-9-21)22-15-29(17-26-22)16-23(31)28-27-14-18-2-6-20(7-3-18)30(12-10-24)13-11-25/h2-9,14-15,17H,10-13,16H2,1H3,(H,28,31)/b27-14+. The van der Waals surface area contributed by atoms with E-state index < -0.39 is 0 Å². The van der Waals surface area contributed by atoms with Crippen LogP contribution in [-0.4, -0.2) is 53.6 Å². The van der Waals surface area contributed by atoms with Crippen molar-refractivity contribution in [1.29, 1.82) is 0 Å². The Morgan fingerprint density at radius 2 is 1.81 bits per heavy atom. The number of methoxy groups -OCH3 is 1. The predicted molar refractivity (Wildman–Crippen MR) is 130 cm³/mol. The third-order valence-electron chi connectivity index (χ3n) is 4.72. The molecule has 1 heterocycles. The van der Waals surface area contributed by atoms with E-state index in [-0.39, 0.29) is 12.5 Å². The number of nitrogens with zero attached hydrogens (tertiary/aromatic N) is 4. The molecule has 0 atom stereocenters. The molecule has 0 saturated heterocycles. The van der Waals surface area contributed by atoms with Crippen LogP contribution in [0.5, 0.6) is 5.75 Å². The number of alkyl halides is 2. The molecule has 9 heteroatoms. The summed E-state index contributed by atoms with van der Waals surface area (Å²) in [7, 11) is 1.62. The summed E-state index contributed by atoms with van der Waals surface area (Å²) < 4.78 is 6.87. The summed E-state index contributed by atoms with van der Waals surface area (Å²) in [4.78, 5) is 18.7. The Hall–Kier alpha value is -3.03. The highest BCUT2D eigenvalue weighted by Crippen LogP contribution is 2.20. The van der Waals surface area contributed by atoms with Gasteiger partial charge in [-0.15, -0.1) is 23.2 Å². The molecule has 32 heavy (non-hydrogen) atoms. The number of rotatable bonds is 11. The summed E-state index contributed by atoms with van der Waals surface area (Å²) in [6.45, 7) is 1.57. The number of hydrazone groups is 1. The van der Waals surface area contributed by atoms with Crippen molar-refractivity contribution in [3.63, 3.8) is 0 Å². The molecule has 7 nitrogen and oxygen atoms in total. The van der Waals surface area contributed by atoms with Gasteiger partial charge in [0.05, 0.1) is 25.3 Å². The normalized spacial score (nSPS) is 11.0. The molecule has 0 saturated carbocycles. The van der Waals surface area contributed by atoms with Crippen LogP contribution < -0.4 is 15.1 Å². The number of hydrogen-bond acceptors (Lipinski definition) is 5. The average molecular weight is 474 g/mol. The Morgan fingerprint density at radius 1 is 1.12 bits per heavy atom. The van der Waals surface area contributed by atoms with Crippen molar-refractivity contribution in [1.82, 2.24) is 15.0 Å². The number of halogens is 2. The molecular formula is C23H25Cl2N5O2. The average Bonchev–Trinajstić information content (AvgIpc) is 3.28. The quantitative estimate of drug-likeness (QED) is 0.259. The maximum Gasteiger partial charge on any atom is 0.260 e. The Kier molecular flexibility index (Phi) is 8.95. The van der Waals surface area contributed by atoms with Gasteiger partial charge < -0.3 is 14.2 Å². The summed E-state index contributed by atoms with van der Waals surface area (Å²) in [6, 6.07) is 15.4. The van der Waals surface area contributed by atoms with Gasteiger partial charge in [-0.1, -0.05) is 12.1 Å². The fourth-order valence-electron chi connectivity index (χ4n) is 3.08. The number of nitrogens with one attached hydrogen (secondary N) is 1. The van der Waals surface area contributed by atoms with Crippen molar-refractivity contribution in [3.8, 4) is 17.0 Å². The molecule has 3 rings (SSSR count). The first-order chi connectivity index (χ1) is 15.6. The van der Waals surface area contributed by atoms with Gasteiger partial charge in [-0.25, -0.2) is 10.4 Å². The van der Waals surface area contributed by atoms with Crippen LogP contribution in [0.15, 0.2) is 66.2 Å². The molecule has 0 aliphatic rings. The van der Waals surface area contributed by atoms with Gasteiger partial charge in [-0.05, 0) is 42.0 Å². The Bertz CT molecular complexity index is 1010. The third-order valence-corrected chi connectivity index (χ3v) is 5.05. The zero-order valence-corrected chi connectivity index (χ0v) is 19.3. The minimum absolute atomic E-state index is 0.116. The van der Waals surface area contributed by atoms with Gasteiger partial charge in [0.1, 0.15) is 12.3 Å². The number of ether oxygens (including phenoxy) is 1. The highest BCUT2D eigenvalue weighted by Gasteiger charge is 2.07. The first-order valence-corrected chi connectivity index (χ1v) is 11.1. The first kappa shape index (κ1) is 23.6. The summed E-state index contributed by atoms with van der Waals surface area (Å²) in [6.07, 6.45) is 5.04. The van der Waals surface area contributed by atoms with Crippen molar-refractivity contribution in [3.05, 3.63) is 66.6 Å². The fraction of sp³-hybridized carbons (Fsp3) is 0.261. The molecule has 0 fully saturated rings. The number of carbonyl (C=O) groups is 1. The highest BCUT2D eigenvalue weighted by atomic mass is 35.5. The van der Waals surface area contributed by atoms with E-state index in [0.29, 0.717) is 11.8 Å². The number of carbonyl (C=O) groups excluding carboxylic acids is 1. The van der Waals surface area contributed by atoms with E-state index in [4.69, 9.17) is 27.9 Å². The number of aromatic nitrogens is 2. The predicted octanol–water partition coefficient (Wildman–Crippen LogP) is 3.99. The number of amides is 1. The van der Waals surface area contributed by atoms with Crippen LogP contribution in [0.4, 0.5) is 5.69 Å². The molecule has 0 aliphatic carbocycles. The Balaban J connectivity index is 1.52. The molecule has 0 bridgehead atoms. The minimum Gasteiger partial charge on any atom is -0.497 e. The minimum atomic E-state index is -0.244. The highest BCUT2D eigenvalue weighted by molar-refractivity contribution is 6.18. The SMILES string of the molecule is COc1ccc(-c2cn(CC(=O)N/N=C/c3ccc(N(CCCl)CCCl)cc3)cn2)cc1. The first-order valence-electron chi connectivity index (χ1n) is 10.1. The molecule has 0 aliphatic heterocycles. The van der Waals surface area contributed by atoms with E-state index in [9.17, 15) is 4.79 Å². The maximum absolute atomic E-state index is 12.2. The lowest BCUT2D eigenvalue weighted by molar-refractivity contribution is -0.121. The number of hydrogen-bond donors (Lipinski definition) is 1. The van der Waals surface area contributed by atoms with Gasteiger partial charge in [-0.3, -0.25) is 4.79 Å². The Labute approximate surface area is 197 Å². The molecule has 1 amide bonds. The van der Waals surface area contributed by atoms with E-state index in [0.717, 1.165) is 41.3 Å². The Morgan fingerprint density at radius 3 is 2.44 bits per heavy atom. The summed E-state index contributed by atoms with van der Waals surface area (Å²) in [5, 5.41) is 4.04.